The predicted octanol–water partition coefficient (Wildman–Crippen LogP) is 6.46. The van der Waals surface area contributed by atoms with E-state index in [1.165, 1.54) is 11.8 Å². The summed E-state index contributed by atoms with van der Waals surface area (Å²) < 4.78 is 5.79. The Balaban J connectivity index is 1.43. The van der Waals surface area contributed by atoms with Crippen molar-refractivity contribution in [2.24, 2.45) is 4.99 Å². The normalized spacial score (nSPS) is 16.1. The highest BCUT2D eigenvalue weighted by Crippen LogP contribution is 2.31. The van der Waals surface area contributed by atoms with Crippen LogP contribution in [0.2, 0.25) is 10.0 Å². The summed E-state index contributed by atoms with van der Waals surface area (Å²) in [7, 11) is 0. The number of hydrogen-bond donors (Lipinski definition) is 1. The molecule has 0 unspecified atom stereocenters. The average Bonchev–Trinajstić information content (AvgIpc) is 3.09. The van der Waals surface area contributed by atoms with E-state index in [4.69, 9.17) is 27.9 Å². The number of ether oxygens (including phenoxy) is 1. The maximum Gasteiger partial charge on any atom is 0.264 e. The lowest BCUT2D eigenvalue weighted by atomic mass is 10.2. The monoisotopic (exact) mass is 454 g/mol. The van der Waals surface area contributed by atoms with Crippen molar-refractivity contribution in [1.82, 2.24) is 5.32 Å². The number of nitrogens with one attached hydrogen (secondary N) is 1. The van der Waals surface area contributed by atoms with Gasteiger partial charge in [-0.1, -0.05) is 65.7 Å². The molecule has 4 nitrogen and oxygen atoms in total. The molecule has 1 fully saturated rings. The van der Waals surface area contributed by atoms with E-state index >= 15 is 0 Å². The molecule has 1 heterocycles. The number of amidine groups is 1. The fourth-order valence-corrected chi connectivity index (χ4v) is 3.92. The van der Waals surface area contributed by atoms with Crippen LogP contribution >= 0.6 is 35.0 Å². The van der Waals surface area contributed by atoms with Gasteiger partial charge in [0.05, 0.1) is 15.6 Å². The summed E-state index contributed by atoms with van der Waals surface area (Å²) in [6.07, 6.45) is 1.81. The summed E-state index contributed by atoms with van der Waals surface area (Å²) in [4.78, 5) is 17.3. The van der Waals surface area contributed by atoms with E-state index in [0.29, 0.717) is 32.4 Å². The molecule has 1 N–H and O–H groups in total. The first-order valence-corrected chi connectivity index (χ1v) is 10.7. The molecule has 1 aliphatic heterocycles. The standard InChI is InChI=1S/C23H16Cl2N2O2S/c24-18-6-2-1-5-16(18)14-29-17-11-9-15(10-12-17)13-21-22(28)27-23(30-21)26-20-8-4-3-7-19(20)25/h1-13H,14H2,(H,26,27,28). The predicted molar refractivity (Wildman–Crippen MR) is 124 cm³/mol. The molecule has 0 radical (unpaired) electrons. The van der Waals surface area contributed by atoms with Gasteiger partial charge in [0.2, 0.25) is 0 Å². The second-order valence-electron chi connectivity index (χ2n) is 6.38. The number of thioether (sulfide) groups is 1. The minimum atomic E-state index is -0.190. The molecular formula is C23H16Cl2N2O2S. The SMILES string of the molecule is O=C1NC(=Nc2ccccc2Cl)SC1=Cc1ccc(OCc2ccccc2Cl)cc1. The van der Waals surface area contributed by atoms with E-state index in [0.717, 1.165) is 16.9 Å². The number of hydrogen-bond acceptors (Lipinski definition) is 4. The lowest BCUT2D eigenvalue weighted by Crippen LogP contribution is -2.19. The zero-order valence-electron chi connectivity index (χ0n) is 15.6. The largest absolute Gasteiger partial charge is 0.489 e. The van der Waals surface area contributed by atoms with Crippen LogP contribution in [-0.2, 0) is 11.4 Å². The summed E-state index contributed by atoms with van der Waals surface area (Å²) in [5, 5.41) is 4.47. The molecule has 1 amide bonds. The second kappa shape index (κ2) is 9.39. The minimum Gasteiger partial charge on any atom is -0.489 e. The Bertz CT molecular complexity index is 1140. The number of aliphatic imine (C=N–C) groups is 1. The van der Waals surface area contributed by atoms with Crippen LogP contribution in [0.25, 0.3) is 6.08 Å². The van der Waals surface area contributed by atoms with E-state index < -0.39 is 0 Å². The van der Waals surface area contributed by atoms with Gasteiger partial charge in [-0.05, 0) is 53.7 Å². The molecule has 1 aliphatic rings. The summed E-state index contributed by atoms with van der Waals surface area (Å²) in [6.45, 7) is 0.389. The molecular weight excluding hydrogens is 439 g/mol. The molecule has 0 spiro atoms. The van der Waals surface area contributed by atoms with Crippen LogP contribution in [0.15, 0.2) is 82.7 Å². The van der Waals surface area contributed by atoms with Gasteiger partial charge in [-0.25, -0.2) is 4.99 Å². The van der Waals surface area contributed by atoms with Gasteiger partial charge in [0, 0.05) is 10.6 Å². The molecule has 3 aromatic rings. The first kappa shape index (κ1) is 20.5. The van der Waals surface area contributed by atoms with Gasteiger partial charge >= 0.3 is 0 Å². The molecule has 0 aliphatic carbocycles. The first-order chi connectivity index (χ1) is 14.6. The highest BCUT2D eigenvalue weighted by Gasteiger charge is 2.24. The van der Waals surface area contributed by atoms with Crippen molar-refractivity contribution >= 4 is 57.8 Å². The third-order valence-electron chi connectivity index (χ3n) is 4.26. The van der Waals surface area contributed by atoms with Crippen molar-refractivity contribution < 1.29 is 9.53 Å². The van der Waals surface area contributed by atoms with Crippen molar-refractivity contribution in [1.29, 1.82) is 0 Å². The zero-order valence-corrected chi connectivity index (χ0v) is 18.0. The maximum absolute atomic E-state index is 12.3. The van der Waals surface area contributed by atoms with Gasteiger partial charge in [0.15, 0.2) is 5.17 Å². The van der Waals surface area contributed by atoms with Gasteiger partial charge < -0.3 is 10.1 Å². The number of amides is 1. The number of para-hydroxylation sites is 1. The summed E-state index contributed by atoms with van der Waals surface area (Å²) in [5.41, 5.74) is 2.43. The molecule has 0 saturated carbocycles. The van der Waals surface area contributed by atoms with Gasteiger partial charge in [-0.15, -0.1) is 0 Å². The Hall–Kier alpha value is -2.73. The third-order valence-corrected chi connectivity index (χ3v) is 5.85. The molecule has 7 heteroatoms. The highest BCUT2D eigenvalue weighted by molar-refractivity contribution is 8.18. The number of carbonyl (C=O) groups is 1. The summed E-state index contributed by atoms with van der Waals surface area (Å²) in [5.74, 6) is 0.534. The second-order valence-corrected chi connectivity index (χ2v) is 8.23. The van der Waals surface area contributed by atoms with Crippen molar-refractivity contribution in [2.45, 2.75) is 6.61 Å². The Morgan fingerprint density at radius 3 is 2.37 bits per heavy atom. The van der Waals surface area contributed by atoms with Crippen molar-refractivity contribution in [3.05, 3.63) is 98.9 Å². The number of benzene rings is 3. The average molecular weight is 455 g/mol. The minimum absolute atomic E-state index is 0.190. The van der Waals surface area contributed by atoms with E-state index in [9.17, 15) is 4.79 Å². The molecule has 4 rings (SSSR count). The van der Waals surface area contributed by atoms with Gasteiger partial charge in [-0.2, -0.15) is 0 Å². The Labute approximate surface area is 188 Å². The number of halogens is 2. The fraction of sp³-hybridized carbons (Fsp3) is 0.0435. The summed E-state index contributed by atoms with van der Waals surface area (Å²) in [6, 6.07) is 22.3. The van der Waals surface area contributed by atoms with E-state index in [1.807, 2.05) is 66.7 Å². The van der Waals surface area contributed by atoms with Crippen LogP contribution in [0, 0.1) is 0 Å². The Morgan fingerprint density at radius 2 is 1.63 bits per heavy atom. The van der Waals surface area contributed by atoms with Crippen LogP contribution in [0.1, 0.15) is 11.1 Å². The van der Waals surface area contributed by atoms with Crippen LogP contribution in [0.4, 0.5) is 5.69 Å². The highest BCUT2D eigenvalue weighted by atomic mass is 35.5. The van der Waals surface area contributed by atoms with Crippen LogP contribution in [0.3, 0.4) is 0 Å². The van der Waals surface area contributed by atoms with E-state index in [-0.39, 0.29) is 5.91 Å². The lowest BCUT2D eigenvalue weighted by molar-refractivity contribution is -0.115. The molecule has 1 saturated heterocycles. The molecule has 0 aromatic heterocycles. The number of nitrogens with zero attached hydrogens (tertiary/aromatic N) is 1. The molecule has 0 atom stereocenters. The molecule has 30 heavy (non-hydrogen) atoms. The van der Waals surface area contributed by atoms with Gasteiger partial charge in [0.25, 0.3) is 5.91 Å². The van der Waals surface area contributed by atoms with Crippen LogP contribution < -0.4 is 10.1 Å². The summed E-state index contributed by atoms with van der Waals surface area (Å²) >= 11 is 13.6. The molecule has 150 valence electrons. The van der Waals surface area contributed by atoms with Crippen molar-refractivity contribution in [3.63, 3.8) is 0 Å². The van der Waals surface area contributed by atoms with E-state index in [2.05, 4.69) is 10.3 Å². The molecule has 0 bridgehead atoms. The van der Waals surface area contributed by atoms with Crippen LogP contribution in [0.5, 0.6) is 5.75 Å². The zero-order chi connectivity index (χ0) is 20.9. The van der Waals surface area contributed by atoms with Crippen molar-refractivity contribution in [3.8, 4) is 5.75 Å². The maximum atomic E-state index is 12.3. The molecule has 3 aromatic carbocycles. The van der Waals surface area contributed by atoms with Gasteiger partial charge in [0.1, 0.15) is 12.4 Å². The van der Waals surface area contributed by atoms with Gasteiger partial charge in [-0.3, -0.25) is 4.79 Å². The van der Waals surface area contributed by atoms with Crippen molar-refractivity contribution in [2.75, 3.05) is 0 Å². The first-order valence-electron chi connectivity index (χ1n) is 9.09. The third kappa shape index (κ3) is 5.05. The number of rotatable bonds is 5. The fourth-order valence-electron chi connectivity index (χ4n) is 2.72. The lowest BCUT2D eigenvalue weighted by Gasteiger charge is -2.08. The number of carbonyl (C=O) groups excluding carboxylic acids is 1. The quantitative estimate of drug-likeness (QED) is 0.449. The van der Waals surface area contributed by atoms with Crippen LogP contribution in [-0.4, -0.2) is 11.1 Å². The smallest absolute Gasteiger partial charge is 0.264 e. The Kier molecular flexibility index (Phi) is 6.43. The van der Waals surface area contributed by atoms with E-state index in [1.54, 1.807) is 12.1 Å². The Morgan fingerprint density at radius 1 is 0.933 bits per heavy atom. The topological polar surface area (TPSA) is 50.7 Å².